The number of imidazole rings is 1. The number of ether oxygens (including phenoxy) is 1. The zero-order valence-corrected chi connectivity index (χ0v) is 10.2. The van der Waals surface area contributed by atoms with Crippen LogP contribution in [0, 0.1) is 0 Å². The maximum atomic E-state index is 11.8. The minimum absolute atomic E-state index is 0.112. The van der Waals surface area contributed by atoms with Gasteiger partial charge in [0, 0.05) is 11.9 Å². The Balaban J connectivity index is 2.51. The molecule has 1 aromatic heterocycles. The summed E-state index contributed by atoms with van der Waals surface area (Å²) in [7, 11) is 1.62. The van der Waals surface area contributed by atoms with Crippen molar-refractivity contribution < 1.29 is 4.74 Å². The van der Waals surface area contributed by atoms with E-state index in [9.17, 15) is 4.79 Å². The highest BCUT2D eigenvalue weighted by Crippen LogP contribution is 2.18. The maximum absolute atomic E-state index is 11.8. The van der Waals surface area contributed by atoms with Crippen molar-refractivity contribution in [2.45, 2.75) is 19.8 Å². The molecular weight excluding hydrogens is 216 g/mol. The zero-order valence-electron chi connectivity index (χ0n) is 10.2. The predicted molar refractivity (Wildman–Crippen MR) is 67.0 cm³/mol. The lowest BCUT2D eigenvalue weighted by Gasteiger charge is -2.10. The maximum Gasteiger partial charge on any atom is 0.330 e. The molecule has 0 unspecified atom stereocenters. The molecule has 0 saturated heterocycles. The van der Waals surface area contributed by atoms with Crippen molar-refractivity contribution in [2.75, 3.05) is 7.11 Å². The average Bonchev–Trinajstić information content (AvgIpc) is 2.71. The number of hydrogen-bond acceptors (Lipinski definition) is 2. The van der Waals surface area contributed by atoms with E-state index in [4.69, 9.17) is 4.74 Å². The first kappa shape index (κ1) is 11.5. The number of aromatic nitrogens is 2. The number of methoxy groups -OCH3 is 1. The van der Waals surface area contributed by atoms with Crippen LogP contribution >= 0.6 is 0 Å². The van der Waals surface area contributed by atoms with Crippen LogP contribution in [0.2, 0.25) is 0 Å². The van der Waals surface area contributed by atoms with Crippen molar-refractivity contribution >= 4 is 0 Å². The first-order valence-corrected chi connectivity index (χ1v) is 5.58. The molecule has 0 amide bonds. The Morgan fingerprint density at radius 1 is 1.24 bits per heavy atom. The summed E-state index contributed by atoms with van der Waals surface area (Å²) >= 11 is 0. The van der Waals surface area contributed by atoms with Gasteiger partial charge in [-0.15, -0.1) is 0 Å². The summed E-state index contributed by atoms with van der Waals surface area (Å²) in [6.07, 6.45) is 1.76. The van der Waals surface area contributed by atoms with Gasteiger partial charge in [-0.05, 0) is 30.2 Å². The fraction of sp³-hybridized carbons (Fsp3) is 0.308. The molecule has 17 heavy (non-hydrogen) atoms. The molecule has 0 aliphatic rings. The van der Waals surface area contributed by atoms with Crippen LogP contribution in [-0.2, 0) is 0 Å². The van der Waals surface area contributed by atoms with E-state index in [2.05, 4.69) is 18.8 Å². The second-order valence-corrected chi connectivity index (χ2v) is 4.21. The molecule has 0 aliphatic heterocycles. The first-order valence-electron chi connectivity index (χ1n) is 5.58. The van der Waals surface area contributed by atoms with Gasteiger partial charge in [-0.1, -0.05) is 13.8 Å². The molecule has 0 spiro atoms. The van der Waals surface area contributed by atoms with Crippen LogP contribution in [0.3, 0.4) is 0 Å². The third-order valence-electron chi connectivity index (χ3n) is 2.73. The van der Waals surface area contributed by atoms with Gasteiger partial charge in [0.15, 0.2) is 0 Å². The van der Waals surface area contributed by atoms with E-state index in [0.717, 1.165) is 17.1 Å². The van der Waals surface area contributed by atoms with Crippen LogP contribution in [-0.4, -0.2) is 16.7 Å². The molecule has 1 aromatic carbocycles. The topological polar surface area (TPSA) is 47.0 Å². The number of nitrogens with zero attached hydrogens (tertiary/aromatic N) is 1. The van der Waals surface area contributed by atoms with Crippen LogP contribution in [0.15, 0.2) is 35.3 Å². The number of hydrogen-bond donors (Lipinski definition) is 1. The van der Waals surface area contributed by atoms with Crippen molar-refractivity contribution in [2.24, 2.45) is 0 Å². The molecule has 90 valence electrons. The molecule has 4 nitrogen and oxygen atoms in total. The van der Waals surface area contributed by atoms with Crippen LogP contribution in [0.4, 0.5) is 0 Å². The summed E-state index contributed by atoms with van der Waals surface area (Å²) in [5.41, 5.74) is 1.71. The van der Waals surface area contributed by atoms with Crippen molar-refractivity contribution in [3.8, 4) is 11.4 Å². The van der Waals surface area contributed by atoms with E-state index in [0.29, 0.717) is 0 Å². The van der Waals surface area contributed by atoms with E-state index in [1.807, 2.05) is 24.3 Å². The van der Waals surface area contributed by atoms with E-state index < -0.39 is 0 Å². The van der Waals surface area contributed by atoms with Gasteiger partial charge in [-0.2, -0.15) is 0 Å². The van der Waals surface area contributed by atoms with Gasteiger partial charge in [-0.25, -0.2) is 4.79 Å². The van der Waals surface area contributed by atoms with Gasteiger partial charge in [0.05, 0.1) is 12.8 Å². The quantitative estimate of drug-likeness (QED) is 0.882. The van der Waals surface area contributed by atoms with E-state index in [1.165, 1.54) is 0 Å². The summed E-state index contributed by atoms with van der Waals surface area (Å²) in [5, 5.41) is 0. The minimum Gasteiger partial charge on any atom is -0.497 e. The smallest absolute Gasteiger partial charge is 0.330 e. The van der Waals surface area contributed by atoms with Crippen LogP contribution in [0.5, 0.6) is 5.75 Å². The second kappa shape index (κ2) is 4.49. The Bertz CT molecular complexity index is 550. The van der Waals surface area contributed by atoms with Gasteiger partial charge in [0.2, 0.25) is 0 Å². The number of rotatable bonds is 3. The van der Waals surface area contributed by atoms with Gasteiger partial charge in [0.25, 0.3) is 0 Å². The molecule has 2 aromatic rings. The molecule has 0 atom stereocenters. The highest BCUT2D eigenvalue weighted by Gasteiger charge is 2.11. The highest BCUT2D eigenvalue weighted by atomic mass is 16.5. The largest absolute Gasteiger partial charge is 0.497 e. The van der Waals surface area contributed by atoms with Crippen molar-refractivity contribution in [3.63, 3.8) is 0 Å². The highest BCUT2D eigenvalue weighted by molar-refractivity contribution is 5.39. The Morgan fingerprint density at radius 2 is 1.88 bits per heavy atom. The summed E-state index contributed by atoms with van der Waals surface area (Å²) in [5.74, 6) is 1.07. The van der Waals surface area contributed by atoms with E-state index >= 15 is 0 Å². The molecule has 0 radical (unpaired) electrons. The number of aromatic amines is 1. The summed E-state index contributed by atoms with van der Waals surface area (Å²) in [6, 6.07) is 7.44. The lowest BCUT2D eigenvalue weighted by atomic mass is 10.1. The normalized spacial score (nSPS) is 10.8. The van der Waals surface area contributed by atoms with Gasteiger partial charge < -0.3 is 9.72 Å². The monoisotopic (exact) mass is 232 g/mol. The number of nitrogens with one attached hydrogen (secondary N) is 1. The molecule has 2 rings (SSSR count). The molecule has 0 saturated carbocycles. The summed E-state index contributed by atoms with van der Waals surface area (Å²) in [4.78, 5) is 14.5. The average molecular weight is 232 g/mol. The number of H-pyrrole nitrogens is 1. The molecule has 4 heteroatoms. The molecule has 1 heterocycles. The molecule has 1 N–H and O–H groups in total. The lowest BCUT2D eigenvalue weighted by Crippen LogP contribution is -2.17. The standard InChI is InChI=1S/C13H16N2O2/c1-9(2)12-8-14-13(16)15(12)10-4-6-11(17-3)7-5-10/h4-9H,1-3H3,(H,14,16). The number of benzene rings is 1. The van der Waals surface area contributed by atoms with E-state index in [-0.39, 0.29) is 11.6 Å². The van der Waals surface area contributed by atoms with Crippen LogP contribution < -0.4 is 10.4 Å². The molecule has 0 bridgehead atoms. The van der Waals surface area contributed by atoms with Gasteiger partial charge >= 0.3 is 5.69 Å². The summed E-state index contributed by atoms with van der Waals surface area (Å²) in [6.45, 7) is 4.12. The van der Waals surface area contributed by atoms with Crippen molar-refractivity contribution in [1.29, 1.82) is 0 Å². The Kier molecular flexibility index (Phi) is 3.04. The zero-order chi connectivity index (χ0) is 12.4. The Hall–Kier alpha value is -1.97. The fourth-order valence-corrected chi connectivity index (χ4v) is 1.80. The van der Waals surface area contributed by atoms with Crippen LogP contribution in [0.25, 0.3) is 5.69 Å². The predicted octanol–water partition coefficient (Wildman–Crippen LogP) is 2.30. The van der Waals surface area contributed by atoms with E-state index in [1.54, 1.807) is 17.9 Å². The first-order chi connectivity index (χ1) is 8.13. The fourth-order valence-electron chi connectivity index (χ4n) is 1.80. The Morgan fingerprint density at radius 3 is 2.41 bits per heavy atom. The third kappa shape index (κ3) is 2.11. The van der Waals surface area contributed by atoms with Crippen molar-refractivity contribution in [1.82, 2.24) is 9.55 Å². The van der Waals surface area contributed by atoms with Crippen LogP contribution in [0.1, 0.15) is 25.5 Å². The summed E-state index contributed by atoms with van der Waals surface area (Å²) < 4.78 is 6.78. The van der Waals surface area contributed by atoms with Gasteiger partial charge in [-0.3, -0.25) is 4.57 Å². The second-order valence-electron chi connectivity index (χ2n) is 4.21. The molecule has 0 fully saturated rings. The SMILES string of the molecule is COc1ccc(-n2c(C(C)C)c[nH]c2=O)cc1. The lowest BCUT2D eigenvalue weighted by molar-refractivity contribution is 0.414. The van der Waals surface area contributed by atoms with Crippen molar-refractivity contribution in [3.05, 3.63) is 46.6 Å². The molecule has 0 aliphatic carbocycles. The third-order valence-corrected chi connectivity index (χ3v) is 2.73. The Labute approximate surface area is 99.9 Å². The molecular formula is C13H16N2O2. The van der Waals surface area contributed by atoms with Gasteiger partial charge in [0.1, 0.15) is 5.75 Å². The minimum atomic E-state index is -0.112.